The van der Waals surface area contributed by atoms with E-state index in [-0.39, 0.29) is 5.91 Å². The minimum absolute atomic E-state index is 0.0238. The van der Waals surface area contributed by atoms with E-state index in [4.69, 9.17) is 21.1 Å². The number of hydrogen-bond donors (Lipinski definition) is 1. The van der Waals surface area contributed by atoms with Crippen LogP contribution < -0.4 is 14.8 Å². The van der Waals surface area contributed by atoms with E-state index in [1.807, 2.05) is 24.3 Å². The molecule has 1 amide bonds. The molecule has 6 heteroatoms. The Labute approximate surface area is 151 Å². The van der Waals surface area contributed by atoms with Gasteiger partial charge in [-0.05, 0) is 48.5 Å². The van der Waals surface area contributed by atoms with Crippen molar-refractivity contribution in [1.29, 1.82) is 0 Å². The van der Waals surface area contributed by atoms with Gasteiger partial charge < -0.3 is 14.8 Å². The summed E-state index contributed by atoms with van der Waals surface area (Å²) in [7, 11) is 1.64. The molecule has 0 spiro atoms. The van der Waals surface area contributed by atoms with Crippen molar-refractivity contribution < 1.29 is 14.3 Å². The van der Waals surface area contributed by atoms with Gasteiger partial charge in [0.25, 0.3) is 0 Å². The van der Waals surface area contributed by atoms with E-state index >= 15 is 0 Å². The number of hydrogen-bond acceptors (Lipinski definition) is 4. The quantitative estimate of drug-likeness (QED) is 0.538. The third-order valence-corrected chi connectivity index (χ3v) is 4.43. The molecule has 2 aromatic rings. The van der Waals surface area contributed by atoms with Crippen molar-refractivity contribution in [3.05, 3.63) is 53.6 Å². The number of amides is 1. The van der Waals surface area contributed by atoms with Crippen LogP contribution in [0.2, 0.25) is 5.02 Å². The summed E-state index contributed by atoms with van der Waals surface area (Å²) in [5.41, 5.74) is 0. The number of nitrogens with one attached hydrogen (secondary N) is 1. The lowest BCUT2D eigenvalue weighted by molar-refractivity contribution is -0.120. The van der Waals surface area contributed by atoms with Gasteiger partial charge in [-0.15, -0.1) is 11.8 Å². The summed E-state index contributed by atoms with van der Waals surface area (Å²) >= 11 is 7.45. The highest BCUT2D eigenvalue weighted by atomic mass is 35.5. The summed E-state index contributed by atoms with van der Waals surface area (Å²) in [6.07, 6.45) is 0.470. The van der Waals surface area contributed by atoms with Crippen LogP contribution in [0.15, 0.2) is 53.4 Å². The van der Waals surface area contributed by atoms with Crippen molar-refractivity contribution in [2.24, 2.45) is 0 Å². The summed E-state index contributed by atoms with van der Waals surface area (Å²) in [4.78, 5) is 12.9. The number of ether oxygens (including phenoxy) is 2. The molecule has 128 valence electrons. The highest BCUT2D eigenvalue weighted by Gasteiger charge is 2.02. The van der Waals surface area contributed by atoms with Crippen molar-refractivity contribution >= 4 is 29.3 Å². The van der Waals surface area contributed by atoms with Crippen LogP contribution in [0.1, 0.15) is 6.42 Å². The predicted molar refractivity (Wildman–Crippen MR) is 98.3 cm³/mol. The van der Waals surface area contributed by atoms with Crippen LogP contribution in [0.3, 0.4) is 0 Å². The summed E-state index contributed by atoms with van der Waals surface area (Å²) in [5.74, 6) is 2.33. The Morgan fingerprint density at radius 1 is 1.08 bits per heavy atom. The maximum Gasteiger partial charge on any atom is 0.220 e. The number of benzene rings is 2. The maximum atomic E-state index is 11.8. The summed E-state index contributed by atoms with van der Waals surface area (Å²) in [6, 6.07) is 14.9. The highest BCUT2D eigenvalue weighted by Crippen LogP contribution is 2.21. The SMILES string of the molecule is COc1ccc(SCCC(=O)NCCOc2ccc(Cl)cc2)cc1. The minimum Gasteiger partial charge on any atom is -0.497 e. The molecule has 0 unspecified atom stereocenters. The molecule has 0 bridgehead atoms. The molecule has 0 aromatic heterocycles. The fraction of sp³-hybridized carbons (Fsp3) is 0.278. The molecular formula is C18H20ClNO3S. The van der Waals surface area contributed by atoms with E-state index in [1.165, 1.54) is 0 Å². The molecule has 0 heterocycles. The van der Waals surface area contributed by atoms with Gasteiger partial charge in [-0.25, -0.2) is 0 Å². The molecular weight excluding hydrogens is 346 g/mol. The number of methoxy groups -OCH3 is 1. The van der Waals surface area contributed by atoms with Crippen LogP contribution in [0.25, 0.3) is 0 Å². The Morgan fingerprint density at radius 3 is 2.42 bits per heavy atom. The van der Waals surface area contributed by atoms with E-state index in [1.54, 1.807) is 43.1 Å². The highest BCUT2D eigenvalue weighted by molar-refractivity contribution is 7.99. The normalized spacial score (nSPS) is 10.2. The average molecular weight is 366 g/mol. The molecule has 0 saturated carbocycles. The lowest BCUT2D eigenvalue weighted by Gasteiger charge is -2.08. The van der Waals surface area contributed by atoms with Crippen molar-refractivity contribution in [3.8, 4) is 11.5 Å². The molecule has 0 saturated heterocycles. The molecule has 2 aromatic carbocycles. The Balaban J connectivity index is 1.56. The van der Waals surface area contributed by atoms with Crippen molar-refractivity contribution in [2.45, 2.75) is 11.3 Å². The number of carbonyl (C=O) groups excluding carboxylic acids is 1. The monoisotopic (exact) mass is 365 g/mol. The van der Waals surface area contributed by atoms with Crippen molar-refractivity contribution in [2.75, 3.05) is 26.0 Å². The topological polar surface area (TPSA) is 47.6 Å². The molecule has 2 rings (SSSR count). The van der Waals surface area contributed by atoms with Crippen LogP contribution in [0.4, 0.5) is 0 Å². The van der Waals surface area contributed by atoms with Crippen molar-refractivity contribution in [1.82, 2.24) is 5.32 Å². The second-order valence-corrected chi connectivity index (χ2v) is 6.53. The van der Waals surface area contributed by atoms with E-state index in [9.17, 15) is 4.79 Å². The van der Waals surface area contributed by atoms with Crippen LogP contribution in [-0.4, -0.2) is 31.9 Å². The number of carbonyl (C=O) groups is 1. The van der Waals surface area contributed by atoms with Gasteiger partial charge >= 0.3 is 0 Å². The summed E-state index contributed by atoms with van der Waals surface area (Å²) < 4.78 is 10.6. The largest absolute Gasteiger partial charge is 0.497 e. The third-order valence-electron chi connectivity index (χ3n) is 3.16. The second-order valence-electron chi connectivity index (χ2n) is 4.93. The molecule has 24 heavy (non-hydrogen) atoms. The van der Waals surface area contributed by atoms with Gasteiger partial charge in [0.15, 0.2) is 0 Å². The van der Waals surface area contributed by atoms with Gasteiger partial charge in [-0.2, -0.15) is 0 Å². The van der Waals surface area contributed by atoms with E-state index in [0.29, 0.717) is 24.6 Å². The van der Waals surface area contributed by atoms with Gasteiger partial charge in [-0.1, -0.05) is 11.6 Å². The average Bonchev–Trinajstić information content (AvgIpc) is 2.61. The lowest BCUT2D eigenvalue weighted by atomic mass is 10.3. The van der Waals surface area contributed by atoms with E-state index in [0.717, 1.165) is 22.1 Å². The van der Waals surface area contributed by atoms with Gasteiger partial charge in [-0.3, -0.25) is 4.79 Å². The van der Waals surface area contributed by atoms with Gasteiger partial charge in [0.05, 0.1) is 13.7 Å². The molecule has 0 atom stereocenters. The first-order valence-corrected chi connectivity index (χ1v) is 8.95. The van der Waals surface area contributed by atoms with Gasteiger partial charge in [0.1, 0.15) is 18.1 Å². The van der Waals surface area contributed by atoms with Crippen molar-refractivity contribution in [3.63, 3.8) is 0 Å². The first-order valence-electron chi connectivity index (χ1n) is 7.59. The van der Waals surface area contributed by atoms with Crippen LogP contribution in [0, 0.1) is 0 Å². The zero-order chi connectivity index (χ0) is 17.2. The molecule has 0 aliphatic rings. The number of rotatable bonds is 9. The fourth-order valence-corrected chi connectivity index (χ4v) is 2.89. The second kappa shape index (κ2) is 10.1. The molecule has 0 fully saturated rings. The third kappa shape index (κ3) is 6.72. The number of thioether (sulfide) groups is 1. The smallest absolute Gasteiger partial charge is 0.220 e. The zero-order valence-corrected chi connectivity index (χ0v) is 15.0. The first kappa shape index (κ1) is 18.5. The molecule has 0 radical (unpaired) electrons. The van der Waals surface area contributed by atoms with E-state index in [2.05, 4.69) is 5.32 Å². The first-order chi connectivity index (χ1) is 11.7. The van der Waals surface area contributed by atoms with E-state index < -0.39 is 0 Å². The Bertz CT molecular complexity index is 632. The number of halogens is 1. The fourth-order valence-electron chi connectivity index (χ4n) is 1.91. The molecule has 0 aliphatic heterocycles. The standard InChI is InChI=1S/C18H20ClNO3S/c1-22-15-6-8-17(9-7-15)24-13-10-18(21)20-11-12-23-16-4-2-14(19)3-5-16/h2-9H,10-13H2,1H3,(H,20,21). The van der Waals surface area contributed by atoms with Gasteiger partial charge in [0.2, 0.25) is 5.91 Å². The Kier molecular flexibility index (Phi) is 7.79. The van der Waals surface area contributed by atoms with Crippen LogP contribution >= 0.6 is 23.4 Å². The maximum absolute atomic E-state index is 11.8. The Morgan fingerprint density at radius 2 is 1.75 bits per heavy atom. The Hall–Kier alpha value is -1.85. The van der Waals surface area contributed by atoms with Gasteiger partial charge in [0, 0.05) is 22.1 Å². The van der Waals surface area contributed by atoms with Crippen LogP contribution in [-0.2, 0) is 4.79 Å². The molecule has 4 nitrogen and oxygen atoms in total. The zero-order valence-electron chi connectivity index (χ0n) is 13.5. The molecule has 1 N–H and O–H groups in total. The predicted octanol–water partition coefficient (Wildman–Crippen LogP) is 4.03. The molecule has 0 aliphatic carbocycles. The van der Waals surface area contributed by atoms with Crippen LogP contribution in [0.5, 0.6) is 11.5 Å². The summed E-state index contributed by atoms with van der Waals surface area (Å²) in [6.45, 7) is 0.910. The minimum atomic E-state index is 0.0238. The summed E-state index contributed by atoms with van der Waals surface area (Å²) in [5, 5.41) is 3.52. The lowest BCUT2D eigenvalue weighted by Crippen LogP contribution is -2.28.